The van der Waals surface area contributed by atoms with E-state index < -0.39 is 0 Å². The molecule has 1 atom stereocenters. The molecule has 0 aliphatic carbocycles. The minimum Gasteiger partial charge on any atom is -0.492 e. The van der Waals surface area contributed by atoms with Crippen LogP contribution in [0.15, 0.2) is 66.9 Å². The molecule has 3 heterocycles. The van der Waals surface area contributed by atoms with Crippen LogP contribution in [0.4, 0.5) is 4.39 Å². The highest BCUT2D eigenvalue weighted by molar-refractivity contribution is 5.99. The number of carbonyl (C=O) groups is 1. The summed E-state index contributed by atoms with van der Waals surface area (Å²) in [6.07, 6.45) is 5.44. The van der Waals surface area contributed by atoms with Crippen LogP contribution in [-0.2, 0) is 25.8 Å². The third kappa shape index (κ3) is 4.49. The number of nitrogens with zero attached hydrogens (tertiary/aromatic N) is 1. The number of carbonyl (C=O) groups excluding carboxylic acids is 1. The highest BCUT2D eigenvalue weighted by atomic mass is 19.1. The van der Waals surface area contributed by atoms with E-state index in [0.29, 0.717) is 13.2 Å². The van der Waals surface area contributed by atoms with Gasteiger partial charge in [-0.15, -0.1) is 0 Å². The first-order valence-corrected chi connectivity index (χ1v) is 12.7. The van der Waals surface area contributed by atoms with Gasteiger partial charge in [-0.2, -0.15) is 0 Å². The molecule has 1 amide bonds. The Balaban J connectivity index is 1.23. The molecule has 2 N–H and O–H groups in total. The maximum absolute atomic E-state index is 13.8. The van der Waals surface area contributed by atoms with Crippen molar-refractivity contribution in [2.45, 2.75) is 38.3 Å². The number of benzene rings is 3. The molecular weight excluding hydrogens is 453 g/mol. The van der Waals surface area contributed by atoms with Crippen molar-refractivity contribution in [1.82, 2.24) is 15.2 Å². The lowest BCUT2D eigenvalue weighted by Gasteiger charge is -2.36. The summed E-state index contributed by atoms with van der Waals surface area (Å²) in [7, 11) is 0. The van der Waals surface area contributed by atoms with Crippen molar-refractivity contribution in [1.29, 1.82) is 0 Å². The lowest BCUT2D eigenvalue weighted by Crippen LogP contribution is -2.44. The molecule has 36 heavy (non-hydrogen) atoms. The Morgan fingerprint density at radius 3 is 2.86 bits per heavy atom. The normalized spacial score (nSPS) is 16.9. The smallest absolute Gasteiger partial charge is 0.251 e. The van der Waals surface area contributed by atoms with E-state index in [4.69, 9.17) is 4.74 Å². The standard InChI is InChI=1S/C30H30FN3O2/c31-23-9-10-27-25(15-23)22(17-33-27)7-4-14-34(18-20-5-2-1-3-6-20)24-16-26-28(36-19-24)11-8-21-12-13-32-30(35)29(21)26/h1-3,5-6,8-11,15,17,24,33H,4,7,12-14,16,18-19H2,(H,32,35). The molecule has 0 spiro atoms. The molecule has 1 unspecified atom stereocenters. The van der Waals surface area contributed by atoms with E-state index in [0.717, 1.165) is 77.7 Å². The highest BCUT2D eigenvalue weighted by Gasteiger charge is 2.31. The van der Waals surface area contributed by atoms with Crippen LogP contribution < -0.4 is 10.1 Å². The first kappa shape index (κ1) is 22.8. The van der Waals surface area contributed by atoms with E-state index in [1.807, 2.05) is 24.4 Å². The van der Waals surface area contributed by atoms with Crippen LogP contribution in [0.1, 0.15) is 39.0 Å². The largest absolute Gasteiger partial charge is 0.492 e. The van der Waals surface area contributed by atoms with Gasteiger partial charge in [-0.05, 0) is 73.2 Å². The molecule has 0 saturated heterocycles. The summed E-state index contributed by atoms with van der Waals surface area (Å²) in [5.41, 5.74) is 6.32. The number of ether oxygens (including phenoxy) is 1. The molecule has 2 aliphatic rings. The van der Waals surface area contributed by atoms with Crippen LogP contribution in [0.3, 0.4) is 0 Å². The minimum absolute atomic E-state index is 0.0125. The molecule has 0 saturated carbocycles. The number of rotatable bonds is 7. The SMILES string of the molecule is O=C1NCCc2ccc3c(c21)CC(N(CCCc1c[nH]c2ccc(F)cc12)Cc1ccccc1)CO3. The number of nitrogens with one attached hydrogen (secondary N) is 2. The van der Waals surface area contributed by atoms with Gasteiger partial charge in [0.1, 0.15) is 18.2 Å². The van der Waals surface area contributed by atoms with Gasteiger partial charge in [0.2, 0.25) is 0 Å². The van der Waals surface area contributed by atoms with Gasteiger partial charge in [-0.1, -0.05) is 36.4 Å². The van der Waals surface area contributed by atoms with Gasteiger partial charge in [-0.25, -0.2) is 4.39 Å². The summed E-state index contributed by atoms with van der Waals surface area (Å²) in [5.74, 6) is 0.639. The van der Waals surface area contributed by atoms with Crippen molar-refractivity contribution in [2.24, 2.45) is 0 Å². The summed E-state index contributed by atoms with van der Waals surface area (Å²) >= 11 is 0. The number of amides is 1. The Morgan fingerprint density at radius 2 is 1.97 bits per heavy atom. The average Bonchev–Trinajstić information content (AvgIpc) is 3.30. The molecule has 1 aromatic heterocycles. The third-order valence-electron chi connectivity index (χ3n) is 7.50. The molecule has 5 nitrogen and oxygen atoms in total. The number of hydrogen-bond donors (Lipinski definition) is 2. The summed E-state index contributed by atoms with van der Waals surface area (Å²) in [4.78, 5) is 18.5. The van der Waals surface area contributed by atoms with Gasteiger partial charge in [-0.3, -0.25) is 9.69 Å². The second-order valence-electron chi connectivity index (χ2n) is 9.81. The lowest BCUT2D eigenvalue weighted by atomic mass is 9.89. The zero-order valence-electron chi connectivity index (χ0n) is 20.2. The van der Waals surface area contributed by atoms with Crippen molar-refractivity contribution in [2.75, 3.05) is 19.7 Å². The number of aromatic nitrogens is 1. The number of hydrogen-bond acceptors (Lipinski definition) is 3. The molecule has 6 heteroatoms. The second-order valence-corrected chi connectivity index (χ2v) is 9.81. The predicted molar refractivity (Wildman–Crippen MR) is 139 cm³/mol. The Hall–Kier alpha value is -3.64. The second kappa shape index (κ2) is 9.78. The Morgan fingerprint density at radius 1 is 1.08 bits per heavy atom. The van der Waals surface area contributed by atoms with Gasteiger partial charge < -0.3 is 15.0 Å². The summed E-state index contributed by atoms with van der Waals surface area (Å²) in [6.45, 7) is 2.97. The van der Waals surface area contributed by atoms with Crippen molar-refractivity contribution in [3.05, 3.63) is 100 Å². The van der Waals surface area contributed by atoms with E-state index in [1.54, 1.807) is 12.1 Å². The number of aryl methyl sites for hydroxylation is 1. The van der Waals surface area contributed by atoms with Crippen LogP contribution in [0.25, 0.3) is 10.9 Å². The molecule has 6 rings (SSSR count). The Bertz CT molecular complexity index is 1400. The van der Waals surface area contributed by atoms with Crippen LogP contribution in [-0.4, -0.2) is 41.5 Å². The topological polar surface area (TPSA) is 57.4 Å². The van der Waals surface area contributed by atoms with E-state index in [1.165, 1.54) is 11.6 Å². The molecule has 2 aliphatic heterocycles. The maximum atomic E-state index is 13.8. The van der Waals surface area contributed by atoms with Crippen molar-refractivity contribution >= 4 is 16.8 Å². The lowest BCUT2D eigenvalue weighted by molar-refractivity contribution is 0.0930. The third-order valence-corrected chi connectivity index (χ3v) is 7.50. The quantitative estimate of drug-likeness (QED) is 0.388. The maximum Gasteiger partial charge on any atom is 0.251 e. The fraction of sp³-hybridized carbons (Fsp3) is 0.300. The number of fused-ring (bicyclic) bond motifs is 4. The fourth-order valence-corrected chi connectivity index (χ4v) is 5.66. The minimum atomic E-state index is -0.209. The van der Waals surface area contributed by atoms with Gasteiger partial charge in [0.05, 0.1) is 0 Å². The van der Waals surface area contributed by atoms with Crippen molar-refractivity contribution < 1.29 is 13.9 Å². The molecule has 3 aromatic carbocycles. The monoisotopic (exact) mass is 483 g/mol. The number of H-pyrrole nitrogens is 1. The van der Waals surface area contributed by atoms with Crippen LogP contribution in [0.2, 0.25) is 0 Å². The first-order chi connectivity index (χ1) is 17.7. The first-order valence-electron chi connectivity index (χ1n) is 12.7. The summed E-state index contributed by atoms with van der Waals surface area (Å²) in [5, 5.41) is 3.96. The fourth-order valence-electron chi connectivity index (χ4n) is 5.66. The highest BCUT2D eigenvalue weighted by Crippen LogP contribution is 2.33. The van der Waals surface area contributed by atoms with E-state index >= 15 is 0 Å². The zero-order valence-corrected chi connectivity index (χ0v) is 20.2. The zero-order chi connectivity index (χ0) is 24.5. The van der Waals surface area contributed by atoms with Crippen LogP contribution in [0, 0.1) is 5.82 Å². The molecule has 184 valence electrons. The van der Waals surface area contributed by atoms with E-state index in [-0.39, 0.29) is 17.8 Å². The molecule has 0 bridgehead atoms. The Kier molecular flexibility index (Phi) is 6.20. The van der Waals surface area contributed by atoms with E-state index in [2.05, 4.69) is 39.5 Å². The predicted octanol–water partition coefficient (Wildman–Crippen LogP) is 5.03. The number of halogens is 1. The van der Waals surface area contributed by atoms with Gasteiger partial charge >= 0.3 is 0 Å². The number of aromatic amines is 1. The molecule has 0 radical (unpaired) electrons. The molecular formula is C30H30FN3O2. The van der Waals surface area contributed by atoms with Crippen LogP contribution in [0.5, 0.6) is 5.75 Å². The van der Waals surface area contributed by atoms with Gasteiger partial charge in [0, 0.05) is 47.4 Å². The summed E-state index contributed by atoms with van der Waals surface area (Å²) < 4.78 is 20.1. The average molecular weight is 484 g/mol. The Labute approximate surface area is 210 Å². The van der Waals surface area contributed by atoms with Gasteiger partial charge in [0.15, 0.2) is 0 Å². The van der Waals surface area contributed by atoms with E-state index in [9.17, 15) is 9.18 Å². The summed E-state index contributed by atoms with van der Waals surface area (Å²) in [6, 6.07) is 19.6. The van der Waals surface area contributed by atoms with Crippen molar-refractivity contribution in [3.63, 3.8) is 0 Å². The van der Waals surface area contributed by atoms with Crippen LogP contribution >= 0.6 is 0 Å². The van der Waals surface area contributed by atoms with Crippen molar-refractivity contribution in [3.8, 4) is 5.75 Å². The van der Waals surface area contributed by atoms with Gasteiger partial charge in [0.25, 0.3) is 5.91 Å². The molecule has 4 aromatic rings. The molecule has 0 fully saturated rings.